The SMILES string of the molecule is COc1cc(/C=C/C(=O)OCCCc2cc(OC)c(O)c(OC)c2)ccc1O. The van der Waals surface area contributed by atoms with E-state index < -0.39 is 5.97 Å². The molecule has 2 aromatic rings. The minimum Gasteiger partial charge on any atom is -0.504 e. The van der Waals surface area contributed by atoms with Gasteiger partial charge in [-0.3, -0.25) is 0 Å². The molecule has 0 saturated heterocycles. The molecule has 150 valence electrons. The van der Waals surface area contributed by atoms with Crippen LogP contribution in [0.4, 0.5) is 0 Å². The molecular formula is C21H24O7. The molecule has 0 radical (unpaired) electrons. The largest absolute Gasteiger partial charge is 0.504 e. The number of methoxy groups -OCH3 is 3. The Morgan fingerprint density at radius 3 is 2.21 bits per heavy atom. The molecule has 0 bridgehead atoms. The van der Waals surface area contributed by atoms with Crippen molar-refractivity contribution in [3.05, 3.63) is 47.5 Å². The Bertz CT molecular complexity index is 818. The Kier molecular flexibility index (Phi) is 7.56. The van der Waals surface area contributed by atoms with Crippen LogP contribution < -0.4 is 14.2 Å². The lowest BCUT2D eigenvalue weighted by Crippen LogP contribution is -2.03. The van der Waals surface area contributed by atoms with Crippen LogP contribution in [0, 0.1) is 0 Å². The molecule has 0 atom stereocenters. The second-order valence-electron chi connectivity index (χ2n) is 5.88. The van der Waals surface area contributed by atoms with Crippen molar-refractivity contribution in [2.75, 3.05) is 27.9 Å². The maximum atomic E-state index is 11.8. The van der Waals surface area contributed by atoms with Gasteiger partial charge in [-0.05, 0) is 54.3 Å². The average Bonchev–Trinajstić information content (AvgIpc) is 2.71. The van der Waals surface area contributed by atoms with E-state index in [1.807, 2.05) is 0 Å². The predicted molar refractivity (Wildman–Crippen MR) is 104 cm³/mol. The highest BCUT2D eigenvalue weighted by atomic mass is 16.5. The fourth-order valence-corrected chi connectivity index (χ4v) is 2.55. The second-order valence-corrected chi connectivity index (χ2v) is 5.88. The van der Waals surface area contributed by atoms with Gasteiger partial charge < -0.3 is 29.2 Å². The molecule has 0 fully saturated rings. The molecule has 0 spiro atoms. The van der Waals surface area contributed by atoms with E-state index in [9.17, 15) is 15.0 Å². The molecule has 7 heteroatoms. The molecule has 0 aliphatic carbocycles. The van der Waals surface area contributed by atoms with Crippen molar-refractivity contribution >= 4 is 12.0 Å². The zero-order valence-corrected chi connectivity index (χ0v) is 16.1. The van der Waals surface area contributed by atoms with E-state index in [1.165, 1.54) is 33.5 Å². The van der Waals surface area contributed by atoms with Gasteiger partial charge in [-0.2, -0.15) is 0 Å². The molecular weight excluding hydrogens is 364 g/mol. The third-order valence-corrected chi connectivity index (χ3v) is 4.01. The smallest absolute Gasteiger partial charge is 0.330 e. The Morgan fingerprint density at radius 2 is 1.61 bits per heavy atom. The lowest BCUT2D eigenvalue weighted by atomic mass is 10.1. The van der Waals surface area contributed by atoms with Gasteiger partial charge in [0.15, 0.2) is 23.0 Å². The number of phenolic OH excluding ortho intramolecular Hbond substituents is 2. The summed E-state index contributed by atoms with van der Waals surface area (Å²) in [6.07, 6.45) is 4.13. The first-order valence-corrected chi connectivity index (χ1v) is 8.64. The first kappa shape index (κ1) is 21.0. The van der Waals surface area contributed by atoms with Crippen LogP contribution in [0.15, 0.2) is 36.4 Å². The van der Waals surface area contributed by atoms with Crippen molar-refractivity contribution in [3.63, 3.8) is 0 Å². The van der Waals surface area contributed by atoms with Crippen LogP contribution in [0.2, 0.25) is 0 Å². The molecule has 0 aliphatic rings. The van der Waals surface area contributed by atoms with Gasteiger partial charge in [0.05, 0.1) is 27.9 Å². The molecule has 2 aromatic carbocycles. The first-order chi connectivity index (χ1) is 13.5. The number of hydrogen-bond acceptors (Lipinski definition) is 7. The topological polar surface area (TPSA) is 94.5 Å². The van der Waals surface area contributed by atoms with Crippen LogP contribution in [0.25, 0.3) is 6.08 Å². The van der Waals surface area contributed by atoms with Gasteiger partial charge in [0, 0.05) is 6.08 Å². The predicted octanol–water partition coefficient (Wildman–Crippen LogP) is 3.31. The quantitative estimate of drug-likeness (QED) is 0.387. The lowest BCUT2D eigenvalue weighted by molar-refractivity contribution is -0.137. The van der Waals surface area contributed by atoms with Gasteiger partial charge in [0.2, 0.25) is 5.75 Å². The Balaban J connectivity index is 1.84. The zero-order chi connectivity index (χ0) is 20.5. The van der Waals surface area contributed by atoms with Crippen LogP contribution in [-0.4, -0.2) is 44.1 Å². The van der Waals surface area contributed by atoms with Crippen LogP contribution >= 0.6 is 0 Å². The van der Waals surface area contributed by atoms with Crippen molar-refractivity contribution in [3.8, 4) is 28.7 Å². The summed E-state index contributed by atoms with van der Waals surface area (Å²) in [5, 5.41) is 19.5. The van der Waals surface area contributed by atoms with Crippen molar-refractivity contribution < 1.29 is 34.0 Å². The number of ether oxygens (including phenoxy) is 4. The molecule has 0 aromatic heterocycles. The van der Waals surface area contributed by atoms with Gasteiger partial charge in [0.1, 0.15) is 0 Å². The summed E-state index contributed by atoms with van der Waals surface area (Å²) < 4.78 is 20.4. The number of benzene rings is 2. The number of carbonyl (C=O) groups is 1. The van der Waals surface area contributed by atoms with E-state index in [0.29, 0.717) is 35.7 Å². The summed E-state index contributed by atoms with van der Waals surface area (Å²) in [6, 6.07) is 8.21. The van der Waals surface area contributed by atoms with Crippen molar-refractivity contribution in [1.82, 2.24) is 0 Å². The number of esters is 1. The van der Waals surface area contributed by atoms with Gasteiger partial charge in [-0.1, -0.05) is 6.07 Å². The Hall–Kier alpha value is -3.35. The van der Waals surface area contributed by atoms with E-state index in [4.69, 9.17) is 18.9 Å². The van der Waals surface area contributed by atoms with Crippen LogP contribution in [-0.2, 0) is 16.0 Å². The number of phenols is 2. The van der Waals surface area contributed by atoms with Gasteiger partial charge in [-0.25, -0.2) is 4.79 Å². The number of hydrogen-bond donors (Lipinski definition) is 2. The monoisotopic (exact) mass is 388 g/mol. The molecule has 0 saturated carbocycles. The number of aromatic hydroxyl groups is 2. The van der Waals surface area contributed by atoms with E-state index in [1.54, 1.807) is 30.3 Å². The van der Waals surface area contributed by atoms with Crippen LogP contribution in [0.3, 0.4) is 0 Å². The molecule has 0 amide bonds. The minimum absolute atomic E-state index is 0.0321. The van der Waals surface area contributed by atoms with Crippen molar-refractivity contribution in [2.24, 2.45) is 0 Å². The highest BCUT2D eigenvalue weighted by Gasteiger charge is 2.11. The summed E-state index contributed by atoms with van der Waals surface area (Å²) >= 11 is 0. The minimum atomic E-state index is -0.465. The lowest BCUT2D eigenvalue weighted by Gasteiger charge is -2.11. The standard InChI is InChI=1S/C21H24O7/c1-25-17-11-14(6-8-16(17)22)7-9-20(23)28-10-4-5-15-12-18(26-2)21(24)19(13-15)27-3/h6-9,11-13,22,24H,4-5,10H2,1-3H3/b9-7+. The van der Waals surface area contributed by atoms with Crippen LogP contribution in [0.1, 0.15) is 17.5 Å². The third-order valence-electron chi connectivity index (χ3n) is 4.01. The molecule has 0 heterocycles. The Morgan fingerprint density at radius 1 is 0.964 bits per heavy atom. The number of rotatable bonds is 9. The second kappa shape index (κ2) is 10.1. The summed E-state index contributed by atoms with van der Waals surface area (Å²) in [7, 11) is 4.39. The van der Waals surface area contributed by atoms with Crippen molar-refractivity contribution in [2.45, 2.75) is 12.8 Å². The summed E-state index contributed by atoms with van der Waals surface area (Å²) in [4.78, 5) is 11.8. The number of aryl methyl sites for hydroxylation is 1. The normalized spacial score (nSPS) is 10.7. The van der Waals surface area contributed by atoms with E-state index in [0.717, 1.165) is 5.56 Å². The zero-order valence-electron chi connectivity index (χ0n) is 16.1. The Labute approximate surface area is 163 Å². The summed E-state index contributed by atoms with van der Waals surface area (Å²) in [5.41, 5.74) is 1.60. The summed E-state index contributed by atoms with van der Waals surface area (Å²) in [5.74, 6) is 0.515. The van der Waals surface area contributed by atoms with Gasteiger partial charge in [-0.15, -0.1) is 0 Å². The van der Waals surface area contributed by atoms with Crippen molar-refractivity contribution in [1.29, 1.82) is 0 Å². The third kappa shape index (κ3) is 5.57. The molecule has 28 heavy (non-hydrogen) atoms. The molecule has 0 aliphatic heterocycles. The highest BCUT2D eigenvalue weighted by molar-refractivity contribution is 5.87. The number of carbonyl (C=O) groups excluding carboxylic acids is 1. The molecule has 0 unspecified atom stereocenters. The fraction of sp³-hybridized carbons (Fsp3) is 0.286. The maximum absolute atomic E-state index is 11.8. The fourth-order valence-electron chi connectivity index (χ4n) is 2.55. The summed E-state index contributed by atoms with van der Waals surface area (Å²) in [6.45, 7) is 0.244. The molecule has 2 rings (SSSR count). The highest BCUT2D eigenvalue weighted by Crippen LogP contribution is 2.37. The first-order valence-electron chi connectivity index (χ1n) is 8.64. The maximum Gasteiger partial charge on any atom is 0.330 e. The van der Waals surface area contributed by atoms with Gasteiger partial charge >= 0.3 is 5.97 Å². The molecule has 2 N–H and O–H groups in total. The van der Waals surface area contributed by atoms with Gasteiger partial charge in [0.25, 0.3) is 0 Å². The van der Waals surface area contributed by atoms with Crippen LogP contribution in [0.5, 0.6) is 28.7 Å². The van der Waals surface area contributed by atoms with E-state index in [-0.39, 0.29) is 18.1 Å². The van der Waals surface area contributed by atoms with E-state index >= 15 is 0 Å². The molecule has 7 nitrogen and oxygen atoms in total. The van der Waals surface area contributed by atoms with E-state index in [2.05, 4.69) is 0 Å². The average molecular weight is 388 g/mol.